The number of anilines is 1. The van der Waals surface area contributed by atoms with Crippen LogP contribution in [-0.4, -0.2) is 17.9 Å². The lowest BCUT2D eigenvalue weighted by molar-refractivity contribution is -0.137. The van der Waals surface area contributed by atoms with Gasteiger partial charge in [-0.1, -0.05) is 31.4 Å². The maximum absolute atomic E-state index is 11.9. The first-order chi connectivity index (χ1) is 9.56. The standard InChI is InChI=1S/C15H19ClN2O2/c1-10-4-2-3-5-13(10)18-15(20)14(19)17-12-8-6-11(16)7-9-12/h6-10,13H,2-5H2,1H3,(H,17,19)(H,18,20)/t10-,13-/m1/s1. The summed E-state index contributed by atoms with van der Waals surface area (Å²) >= 11 is 5.76. The Morgan fingerprint density at radius 3 is 2.40 bits per heavy atom. The molecule has 0 heterocycles. The normalized spacial score (nSPS) is 22.1. The van der Waals surface area contributed by atoms with Crippen LogP contribution in [0.1, 0.15) is 32.6 Å². The number of benzene rings is 1. The second kappa shape index (κ2) is 6.75. The molecule has 1 aromatic carbocycles. The van der Waals surface area contributed by atoms with Gasteiger partial charge in [-0.25, -0.2) is 0 Å². The van der Waals surface area contributed by atoms with Crippen molar-refractivity contribution in [1.29, 1.82) is 0 Å². The van der Waals surface area contributed by atoms with E-state index in [1.54, 1.807) is 24.3 Å². The number of rotatable bonds is 2. The molecule has 1 aromatic rings. The summed E-state index contributed by atoms with van der Waals surface area (Å²) in [4.78, 5) is 23.7. The number of hydrogen-bond acceptors (Lipinski definition) is 2. The van der Waals surface area contributed by atoms with Crippen molar-refractivity contribution in [2.75, 3.05) is 5.32 Å². The second-order valence-electron chi connectivity index (χ2n) is 5.30. The molecule has 2 atom stereocenters. The molecule has 20 heavy (non-hydrogen) atoms. The predicted octanol–water partition coefficient (Wildman–Crippen LogP) is 2.97. The lowest BCUT2D eigenvalue weighted by Gasteiger charge is -2.29. The van der Waals surface area contributed by atoms with Crippen LogP contribution >= 0.6 is 11.6 Å². The first kappa shape index (κ1) is 14.9. The van der Waals surface area contributed by atoms with Crippen LogP contribution in [0.5, 0.6) is 0 Å². The zero-order chi connectivity index (χ0) is 14.5. The molecule has 1 fully saturated rings. The van der Waals surface area contributed by atoms with Crippen LogP contribution in [0.4, 0.5) is 5.69 Å². The van der Waals surface area contributed by atoms with E-state index in [-0.39, 0.29) is 6.04 Å². The van der Waals surface area contributed by atoms with Crippen LogP contribution in [0.3, 0.4) is 0 Å². The Labute approximate surface area is 123 Å². The van der Waals surface area contributed by atoms with Crippen LogP contribution in [0, 0.1) is 5.92 Å². The Balaban J connectivity index is 1.88. The summed E-state index contributed by atoms with van der Waals surface area (Å²) in [5, 5.41) is 5.97. The molecule has 0 aromatic heterocycles. The molecule has 1 saturated carbocycles. The highest BCUT2D eigenvalue weighted by atomic mass is 35.5. The highest BCUT2D eigenvalue weighted by Gasteiger charge is 2.25. The molecular weight excluding hydrogens is 276 g/mol. The average molecular weight is 295 g/mol. The van der Waals surface area contributed by atoms with E-state index in [2.05, 4.69) is 17.6 Å². The molecule has 108 valence electrons. The van der Waals surface area contributed by atoms with Gasteiger partial charge in [0.15, 0.2) is 0 Å². The molecule has 5 heteroatoms. The van der Waals surface area contributed by atoms with Crippen LogP contribution < -0.4 is 10.6 Å². The van der Waals surface area contributed by atoms with Crippen molar-refractivity contribution in [2.24, 2.45) is 5.92 Å². The zero-order valence-electron chi connectivity index (χ0n) is 11.5. The summed E-state index contributed by atoms with van der Waals surface area (Å²) in [5.74, 6) is -0.778. The molecule has 1 aliphatic carbocycles. The quantitative estimate of drug-likeness (QED) is 0.824. The fourth-order valence-corrected chi connectivity index (χ4v) is 2.61. The van der Waals surface area contributed by atoms with Crippen LogP contribution in [-0.2, 0) is 9.59 Å². The SMILES string of the molecule is C[C@@H]1CCCC[C@H]1NC(=O)C(=O)Nc1ccc(Cl)cc1. The highest BCUT2D eigenvalue weighted by Crippen LogP contribution is 2.23. The minimum atomic E-state index is -0.634. The Kier molecular flexibility index (Phi) is 5.01. The van der Waals surface area contributed by atoms with Crippen molar-refractivity contribution in [3.63, 3.8) is 0 Å². The monoisotopic (exact) mass is 294 g/mol. The van der Waals surface area contributed by atoms with Gasteiger partial charge in [-0.2, -0.15) is 0 Å². The van der Waals surface area contributed by atoms with Gasteiger partial charge in [0, 0.05) is 16.8 Å². The van der Waals surface area contributed by atoms with Gasteiger partial charge in [-0.3, -0.25) is 9.59 Å². The maximum Gasteiger partial charge on any atom is 0.313 e. The third-order valence-corrected chi connectivity index (χ3v) is 3.99. The van der Waals surface area contributed by atoms with Crippen LogP contribution in [0.25, 0.3) is 0 Å². The molecule has 4 nitrogen and oxygen atoms in total. The van der Waals surface area contributed by atoms with Crippen molar-refractivity contribution >= 4 is 29.1 Å². The van der Waals surface area contributed by atoms with E-state index >= 15 is 0 Å². The molecule has 2 rings (SSSR count). The van der Waals surface area contributed by atoms with E-state index in [9.17, 15) is 9.59 Å². The third kappa shape index (κ3) is 3.97. The van der Waals surface area contributed by atoms with Gasteiger partial charge in [0.25, 0.3) is 0 Å². The van der Waals surface area contributed by atoms with E-state index in [1.807, 2.05) is 0 Å². The molecule has 2 N–H and O–H groups in total. The van der Waals surface area contributed by atoms with Crippen molar-refractivity contribution in [3.8, 4) is 0 Å². The van der Waals surface area contributed by atoms with E-state index in [0.717, 1.165) is 19.3 Å². The third-order valence-electron chi connectivity index (χ3n) is 3.74. The lowest BCUT2D eigenvalue weighted by atomic mass is 9.86. The molecule has 0 radical (unpaired) electrons. The summed E-state index contributed by atoms with van der Waals surface area (Å²) in [6.45, 7) is 2.11. The first-order valence-corrected chi connectivity index (χ1v) is 7.31. The number of halogens is 1. The van der Waals surface area contributed by atoms with Crippen molar-refractivity contribution in [2.45, 2.75) is 38.6 Å². The van der Waals surface area contributed by atoms with Gasteiger partial charge in [0.05, 0.1) is 0 Å². The predicted molar refractivity (Wildman–Crippen MR) is 79.6 cm³/mol. The number of carbonyl (C=O) groups is 2. The summed E-state index contributed by atoms with van der Waals surface area (Å²) in [7, 11) is 0. The Morgan fingerprint density at radius 2 is 1.75 bits per heavy atom. The largest absolute Gasteiger partial charge is 0.345 e. The van der Waals surface area contributed by atoms with Gasteiger partial charge in [0.2, 0.25) is 0 Å². The van der Waals surface area contributed by atoms with Crippen molar-refractivity contribution in [1.82, 2.24) is 5.32 Å². The second-order valence-corrected chi connectivity index (χ2v) is 5.74. The zero-order valence-corrected chi connectivity index (χ0v) is 12.2. The smallest absolute Gasteiger partial charge is 0.313 e. The molecule has 0 bridgehead atoms. The number of carbonyl (C=O) groups excluding carboxylic acids is 2. The average Bonchev–Trinajstić information content (AvgIpc) is 2.44. The van der Waals surface area contributed by atoms with E-state index < -0.39 is 11.8 Å². The topological polar surface area (TPSA) is 58.2 Å². The fraction of sp³-hybridized carbons (Fsp3) is 0.467. The minimum Gasteiger partial charge on any atom is -0.345 e. The summed E-state index contributed by atoms with van der Waals surface area (Å²) < 4.78 is 0. The molecule has 0 aliphatic heterocycles. The van der Waals surface area contributed by atoms with Crippen molar-refractivity contribution < 1.29 is 9.59 Å². The molecule has 1 aliphatic rings. The maximum atomic E-state index is 11.9. The van der Waals surface area contributed by atoms with E-state index in [4.69, 9.17) is 11.6 Å². The number of amides is 2. The lowest BCUT2D eigenvalue weighted by Crippen LogP contribution is -2.45. The molecule has 2 amide bonds. The number of nitrogens with one attached hydrogen (secondary N) is 2. The summed E-state index contributed by atoms with van der Waals surface area (Å²) in [5.41, 5.74) is 0.561. The van der Waals surface area contributed by atoms with Crippen LogP contribution in [0.15, 0.2) is 24.3 Å². The van der Waals surface area contributed by atoms with E-state index in [0.29, 0.717) is 16.6 Å². The fourth-order valence-electron chi connectivity index (χ4n) is 2.49. The Morgan fingerprint density at radius 1 is 1.10 bits per heavy atom. The number of hydrogen-bond donors (Lipinski definition) is 2. The minimum absolute atomic E-state index is 0.104. The molecule has 0 spiro atoms. The molecule has 0 unspecified atom stereocenters. The van der Waals surface area contributed by atoms with Gasteiger partial charge >= 0.3 is 11.8 Å². The van der Waals surface area contributed by atoms with Crippen LogP contribution in [0.2, 0.25) is 5.02 Å². The molecule has 0 saturated heterocycles. The van der Waals surface area contributed by atoms with Crippen molar-refractivity contribution in [3.05, 3.63) is 29.3 Å². The van der Waals surface area contributed by atoms with Gasteiger partial charge in [-0.15, -0.1) is 0 Å². The van der Waals surface area contributed by atoms with E-state index in [1.165, 1.54) is 6.42 Å². The highest BCUT2D eigenvalue weighted by molar-refractivity contribution is 6.39. The Bertz CT molecular complexity index is 487. The first-order valence-electron chi connectivity index (χ1n) is 6.93. The van der Waals surface area contributed by atoms with Gasteiger partial charge < -0.3 is 10.6 Å². The summed E-state index contributed by atoms with van der Waals surface area (Å²) in [6, 6.07) is 6.76. The Hall–Kier alpha value is -1.55. The summed E-state index contributed by atoms with van der Waals surface area (Å²) in [6.07, 6.45) is 4.35. The van der Waals surface area contributed by atoms with Gasteiger partial charge in [-0.05, 0) is 43.0 Å². The van der Waals surface area contributed by atoms with Gasteiger partial charge in [0.1, 0.15) is 0 Å². The molecular formula is C15H19ClN2O2.